The van der Waals surface area contributed by atoms with Crippen molar-refractivity contribution >= 4 is 11.4 Å². The van der Waals surface area contributed by atoms with Crippen molar-refractivity contribution in [2.45, 2.75) is 38.5 Å². The Morgan fingerprint density at radius 1 is 1.39 bits per heavy atom. The summed E-state index contributed by atoms with van der Waals surface area (Å²) < 4.78 is 33.3. The van der Waals surface area contributed by atoms with Crippen LogP contribution in [0.1, 0.15) is 39.3 Å². The molecule has 2 atom stereocenters. The third kappa shape index (κ3) is 3.86. The maximum absolute atomic E-state index is 13.7. The molecule has 0 amide bonds. The molecule has 0 heterocycles. The van der Waals surface area contributed by atoms with Crippen molar-refractivity contribution in [3.05, 3.63) is 29.6 Å². The number of rotatable bonds is 4. The second kappa shape index (κ2) is 5.91. The Morgan fingerprint density at radius 3 is 2.50 bits per heavy atom. The lowest BCUT2D eigenvalue weighted by Gasteiger charge is -2.26. The minimum Gasteiger partial charge on any atom is -0.598 e. The first-order chi connectivity index (χ1) is 8.25. The zero-order chi connectivity index (χ0) is 13.9. The van der Waals surface area contributed by atoms with E-state index >= 15 is 0 Å². The summed E-state index contributed by atoms with van der Waals surface area (Å²) in [5.74, 6) is 0.253. The molecule has 0 saturated heterocycles. The summed E-state index contributed by atoms with van der Waals surface area (Å²) in [6, 6.07) is 4.19. The van der Waals surface area contributed by atoms with Gasteiger partial charge in [0.15, 0.2) is 0 Å². The summed E-state index contributed by atoms with van der Waals surface area (Å²) in [4.78, 5) is 0. The van der Waals surface area contributed by atoms with Gasteiger partial charge in [0.2, 0.25) is 0 Å². The molecule has 0 fully saturated rings. The quantitative estimate of drug-likeness (QED) is 0.858. The van der Waals surface area contributed by atoms with Crippen LogP contribution < -0.4 is 9.46 Å². The number of methoxy groups -OCH3 is 1. The highest BCUT2D eigenvalue weighted by atomic mass is 32.2. The topological polar surface area (TPSA) is 44.3 Å². The summed E-state index contributed by atoms with van der Waals surface area (Å²) in [6.07, 6.45) is 0. The highest BCUT2D eigenvalue weighted by molar-refractivity contribution is 7.90. The first kappa shape index (κ1) is 15.3. The molecule has 0 aliphatic rings. The van der Waals surface area contributed by atoms with Gasteiger partial charge in [0, 0.05) is 16.9 Å². The van der Waals surface area contributed by atoms with E-state index in [2.05, 4.69) is 4.72 Å². The average Bonchev–Trinajstić information content (AvgIpc) is 2.28. The van der Waals surface area contributed by atoms with E-state index in [4.69, 9.17) is 4.74 Å². The van der Waals surface area contributed by atoms with Crippen molar-refractivity contribution in [3.63, 3.8) is 0 Å². The van der Waals surface area contributed by atoms with Crippen LogP contribution in [0.15, 0.2) is 18.2 Å². The van der Waals surface area contributed by atoms with Gasteiger partial charge in [-0.25, -0.2) is 4.39 Å². The lowest BCUT2D eigenvalue weighted by molar-refractivity contribution is 0.411. The van der Waals surface area contributed by atoms with E-state index < -0.39 is 11.4 Å². The highest BCUT2D eigenvalue weighted by Crippen LogP contribution is 2.25. The Kier molecular flexibility index (Phi) is 5.01. The van der Waals surface area contributed by atoms with Gasteiger partial charge >= 0.3 is 0 Å². The molecule has 0 spiro atoms. The number of halogens is 1. The van der Waals surface area contributed by atoms with Crippen LogP contribution in [0.5, 0.6) is 5.75 Å². The fourth-order valence-electron chi connectivity index (χ4n) is 1.38. The smallest absolute Gasteiger partial charge is 0.136 e. The normalized spacial score (nSPS) is 15.3. The molecule has 0 aliphatic carbocycles. The van der Waals surface area contributed by atoms with Crippen molar-refractivity contribution < 1.29 is 13.7 Å². The van der Waals surface area contributed by atoms with Gasteiger partial charge in [0.25, 0.3) is 0 Å². The Morgan fingerprint density at radius 2 is 2.00 bits per heavy atom. The summed E-state index contributed by atoms with van der Waals surface area (Å²) in [7, 11) is 1.53. The standard InChI is InChI=1S/C13H20FNO2S/c1-9(15-18(16)13(2,3)4)11-8-10(17-5)6-7-12(11)14/h6-9,15H,1-5H3/t9?,18-/m1/s1. The first-order valence-electron chi connectivity index (χ1n) is 5.77. The summed E-state index contributed by atoms with van der Waals surface area (Å²) in [5.41, 5.74) is 0.451. The monoisotopic (exact) mass is 273 g/mol. The van der Waals surface area contributed by atoms with E-state index in [1.54, 1.807) is 19.1 Å². The third-order valence-corrected chi connectivity index (χ3v) is 4.19. The number of benzene rings is 1. The minimum atomic E-state index is -1.24. The SMILES string of the molecule is COc1ccc(F)c(C(C)N[S@+]([O-])C(C)(C)C)c1. The Labute approximate surface area is 111 Å². The van der Waals surface area contributed by atoms with Crippen molar-refractivity contribution in [1.82, 2.24) is 4.72 Å². The van der Waals surface area contributed by atoms with Crippen molar-refractivity contribution in [2.75, 3.05) is 7.11 Å². The first-order valence-corrected chi connectivity index (χ1v) is 6.92. The molecule has 0 radical (unpaired) electrons. The van der Waals surface area contributed by atoms with Crippen molar-refractivity contribution in [1.29, 1.82) is 0 Å². The molecule has 1 rings (SSSR count). The summed E-state index contributed by atoms with van der Waals surface area (Å²) >= 11 is -1.24. The van der Waals surface area contributed by atoms with E-state index in [1.165, 1.54) is 13.2 Å². The fraction of sp³-hybridized carbons (Fsp3) is 0.538. The molecule has 1 unspecified atom stereocenters. The number of hydrogen-bond donors (Lipinski definition) is 1. The zero-order valence-corrected chi connectivity index (χ0v) is 12.2. The third-order valence-electron chi connectivity index (χ3n) is 2.51. The van der Waals surface area contributed by atoms with Crippen LogP contribution in [-0.4, -0.2) is 16.4 Å². The van der Waals surface area contributed by atoms with Gasteiger partial charge in [-0.05, 0) is 45.9 Å². The highest BCUT2D eigenvalue weighted by Gasteiger charge is 2.29. The largest absolute Gasteiger partial charge is 0.598 e. The van der Waals surface area contributed by atoms with Crippen molar-refractivity contribution in [3.8, 4) is 5.75 Å². The maximum Gasteiger partial charge on any atom is 0.136 e. The van der Waals surface area contributed by atoms with Crippen LogP contribution in [0.25, 0.3) is 0 Å². The summed E-state index contributed by atoms with van der Waals surface area (Å²) in [6.45, 7) is 7.38. The van der Waals surface area contributed by atoms with E-state index in [-0.39, 0.29) is 16.6 Å². The molecule has 5 heteroatoms. The fourth-order valence-corrected chi connectivity index (χ4v) is 2.18. The van der Waals surface area contributed by atoms with E-state index in [0.717, 1.165) is 0 Å². The van der Waals surface area contributed by atoms with Crippen LogP contribution in [-0.2, 0) is 11.4 Å². The average molecular weight is 273 g/mol. The van der Waals surface area contributed by atoms with Gasteiger partial charge in [0.05, 0.1) is 13.2 Å². The van der Waals surface area contributed by atoms with Crippen LogP contribution in [0.4, 0.5) is 4.39 Å². The minimum absolute atomic E-state index is 0.332. The van der Waals surface area contributed by atoms with Crippen LogP contribution in [0, 0.1) is 5.82 Å². The molecule has 0 aromatic heterocycles. The number of nitrogens with one attached hydrogen (secondary N) is 1. The van der Waals surface area contributed by atoms with Crippen molar-refractivity contribution in [2.24, 2.45) is 0 Å². The second-order valence-corrected chi connectivity index (χ2v) is 7.11. The Balaban J connectivity index is 2.87. The molecular formula is C13H20FNO2S. The molecule has 18 heavy (non-hydrogen) atoms. The molecule has 0 bridgehead atoms. The molecule has 1 aromatic carbocycles. The molecule has 102 valence electrons. The lowest BCUT2D eigenvalue weighted by Crippen LogP contribution is -2.40. The number of ether oxygens (including phenoxy) is 1. The summed E-state index contributed by atoms with van der Waals surface area (Å²) in [5, 5.41) is 0. The predicted octanol–water partition coefficient (Wildman–Crippen LogP) is 2.95. The van der Waals surface area contributed by atoms with Gasteiger partial charge in [-0.15, -0.1) is 4.72 Å². The molecule has 0 aliphatic heterocycles. The molecular weight excluding hydrogens is 253 g/mol. The second-order valence-electron chi connectivity index (χ2n) is 5.11. The van der Waals surface area contributed by atoms with Gasteiger partial charge in [-0.3, -0.25) is 0 Å². The van der Waals surface area contributed by atoms with E-state index in [0.29, 0.717) is 11.3 Å². The van der Waals surface area contributed by atoms with Crippen LogP contribution in [0.3, 0.4) is 0 Å². The van der Waals surface area contributed by atoms with Gasteiger partial charge in [-0.2, -0.15) is 0 Å². The lowest BCUT2D eigenvalue weighted by atomic mass is 10.1. The zero-order valence-electron chi connectivity index (χ0n) is 11.4. The Hall–Kier alpha value is -0.780. The van der Waals surface area contributed by atoms with E-state index in [9.17, 15) is 8.94 Å². The van der Waals surface area contributed by atoms with Gasteiger partial charge < -0.3 is 9.29 Å². The molecule has 0 saturated carbocycles. The maximum atomic E-state index is 13.7. The van der Waals surface area contributed by atoms with E-state index in [1.807, 2.05) is 20.8 Å². The van der Waals surface area contributed by atoms with Gasteiger partial charge in [-0.1, -0.05) is 0 Å². The predicted molar refractivity (Wildman–Crippen MR) is 72.4 cm³/mol. The Bertz CT molecular complexity index is 406. The van der Waals surface area contributed by atoms with Crippen LogP contribution in [0.2, 0.25) is 0 Å². The van der Waals surface area contributed by atoms with Gasteiger partial charge in [0.1, 0.15) is 16.3 Å². The molecule has 1 N–H and O–H groups in total. The number of hydrogen-bond acceptors (Lipinski definition) is 3. The van der Waals surface area contributed by atoms with Crippen LogP contribution >= 0.6 is 0 Å². The molecule has 3 nitrogen and oxygen atoms in total. The molecule has 1 aromatic rings.